The summed E-state index contributed by atoms with van der Waals surface area (Å²) in [5.74, 6) is 2.71. The van der Waals surface area contributed by atoms with E-state index in [1.165, 1.54) is 12.8 Å². The van der Waals surface area contributed by atoms with Gasteiger partial charge in [-0.3, -0.25) is 4.99 Å². The Morgan fingerprint density at radius 1 is 1.38 bits per heavy atom. The Hall–Kier alpha value is -1.49. The minimum atomic E-state index is 0.782. The highest BCUT2D eigenvalue weighted by Gasteiger charge is 2.20. The minimum Gasteiger partial charge on any atom is -0.469 e. The first-order valence-corrected chi connectivity index (χ1v) is 8.00. The van der Waals surface area contributed by atoms with Gasteiger partial charge >= 0.3 is 0 Å². The van der Waals surface area contributed by atoms with Crippen molar-refractivity contribution in [1.82, 2.24) is 10.6 Å². The second kappa shape index (κ2) is 9.45. The van der Waals surface area contributed by atoms with E-state index in [0.717, 1.165) is 63.3 Å². The van der Waals surface area contributed by atoms with Crippen molar-refractivity contribution in [2.24, 2.45) is 10.9 Å². The summed E-state index contributed by atoms with van der Waals surface area (Å²) in [6, 6.07) is 3.92. The fraction of sp³-hybridized carbons (Fsp3) is 0.688. The zero-order valence-electron chi connectivity index (χ0n) is 12.9. The van der Waals surface area contributed by atoms with E-state index in [2.05, 4.69) is 15.6 Å². The lowest BCUT2D eigenvalue weighted by atomic mass is 10.3. The summed E-state index contributed by atoms with van der Waals surface area (Å²) in [7, 11) is 0. The van der Waals surface area contributed by atoms with Gasteiger partial charge in [-0.25, -0.2) is 0 Å². The van der Waals surface area contributed by atoms with Gasteiger partial charge in [-0.2, -0.15) is 0 Å². The maximum absolute atomic E-state index is 5.34. The molecule has 21 heavy (non-hydrogen) atoms. The lowest BCUT2D eigenvalue weighted by Gasteiger charge is -2.12. The first-order valence-electron chi connectivity index (χ1n) is 8.00. The van der Waals surface area contributed by atoms with Gasteiger partial charge in [0.05, 0.1) is 6.26 Å². The lowest BCUT2D eigenvalue weighted by molar-refractivity contribution is 0.145. The maximum Gasteiger partial charge on any atom is 0.191 e. The Kier molecular flexibility index (Phi) is 7.15. The average molecular weight is 293 g/mol. The second-order valence-corrected chi connectivity index (χ2v) is 5.37. The molecule has 1 saturated carbocycles. The number of ether oxygens (including phenoxy) is 1. The van der Waals surface area contributed by atoms with Crippen LogP contribution in [0.4, 0.5) is 0 Å². The van der Waals surface area contributed by atoms with Crippen LogP contribution in [-0.4, -0.2) is 38.8 Å². The van der Waals surface area contributed by atoms with Crippen LogP contribution in [0.1, 0.15) is 31.9 Å². The van der Waals surface area contributed by atoms with Gasteiger partial charge in [-0.1, -0.05) is 0 Å². The molecule has 2 N–H and O–H groups in total. The average Bonchev–Trinajstić information content (AvgIpc) is 3.18. The summed E-state index contributed by atoms with van der Waals surface area (Å²) in [4.78, 5) is 4.65. The van der Waals surface area contributed by atoms with E-state index in [1.807, 2.05) is 19.1 Å². The molecule has 0 aromatic carbocycles. The van der Waals surface area contributed by atoms with E-state index in [1.54, 1.807) is 6.26 Å². The van der Waals surface area contributed by atoms with Crippen molar-refractivity contribution in [2.45, 2.75) is 32.6 Å². The van der Waals surface area contributed by atoms with Crippen molar-refractivity contribution < 1.29 is 9.15 Å². The monoisotopic (exact) mass is 293 g/mol. The fourth-order valence-electron chi connectivity index (χ4n) is 1.98. The molecule has 0 amide bonds. The summed E-state index contributed by atoms with van der Waals surface area (Å²) in [5, 5.41) is 6.74. The third-order valence-corrected chi connectivity index (χ3v) is 3.41. The molecular weight excluding hydrogens is 266 g/mol. The van der Waals surface area contributed by atoms with Gasteiger partial charge < -0.3 is 19.8 Å². The van der Waals surface area contributed by atoms with Crippen LogP contribution in [0, 0.1) is 5.92 Å². The van der Waals surface area contributed by atoms with Crippen LogP contribution in [0.2, 0.25) is 0 Å². The quantitative estimate of drug-likeness (QED) is 0.394. The van der Waals surface area contributed by atoms with Gasteiger partial charge in [0.1, 0.15) is 5.76 Å². The van der Waals surface area contributed by atoms with Gasteiger partial charge in [0.25, 0.3) is 0 Å². The molecule has 1 aromatic heterocycles. The molecule has 5 nitrogen and oxygen atoms in total. The summed E-state index contributed by atoms with van der Waals surface area (Å²) in [6.45, 7) is 6.25. The molecular formula is C16H27N3O2. The first kappa shape index (κ1) is 15.9. The van der Waals surface area contributed by atoms with E-state index < -0.39 is 0 Å². The number of guanidine groups is 1. The lowest BCUT2D eigenvalue weighted by Crippen LogP contribution is -2.39. The van der Waals surface area contributed by atoms with Crippen molar-refractivity contribution in [3.05, 3.63) is 24.2 Å². The molecule has 0 saturated heterocycles. The van der Waals surface area contributed by atoms with E-state index in [-0.39, 0.29) is 0 Å². The SMILES string of the molecule is CCOCCCNC(=NCC1CC1)NCCc1ccco1. The van der Waals surface area contributed by atoms with Crippen LogP contribution < -0.4 is 10.6 Å². The molecule has 0 atom stereocenters. The largest absolute Gasteiger partial charge is 0.469 e. The molecule has 0 radical (unpaired) electrons. The van der Waals surface area contributed by atoms with E-state index in [0.29, 0.717) is 0 Å². The highest BCUT2D eigenvalue weighted by atomic mass is 16.5. The number of furan rings is 1. The van der Waals surface area contributed by atoms with Gasteiger partial charge in [-0.05, 0) is 44.2 Å². The first-order chi connectivity index (χ1) is 10.4. The van der Waals surface area contributed by atoms with Crippen molar-refractivity contribution in [3.63, 3.8) is 0 Å². The summed E-state index contributed by atoms with van der Waals surface area (Å²) < 4.78 is 10.7. The van der Waals surface area contributed by atoms with Crippen molar-refractivity contribution >= 4 is 5.96 Å². The summed E-state index contributed by atoms with van der Waals surface area (Å²) in [6.07, 6.45) is 6.23. The highest BCUT2D eigenvalue weighted by molar-refractivity contribution is 5.79. The van der Waals surface area contributed by atoms with Crippen LogP contribution in [0.5, 0.6) is 0 Å². The number of nitrogens with one attached hydrogen (secondary N) is 2. The standard InChI is InChI=1S/C16H27N3O2/c1-2-20-11-4-9-17-16(19-13-14-6-7-14)18-10-8-15-5-3-12-21-15/h3,5,12,14H,2,4,6-11,13H2,1H3,(H2,17,18,19). The highest BCUT2D eigenvalue weighted by Crippen LogP contribution is 2.28. The second-order valence-electron chi connectivity index (χ2n) is 5.37. The minimum absolute atomic E-state index is 0.782. The molecule has 0 aliphatic heterocycles. The van der Waals surface area contributed by atoms with Crippen LogP contribution >= 0.6 is 0 Å². The number of aliphatic imine (C=N–C) groups is 1. The van der Waals surface area contributed by atoms with Crippen LogP contribution in [0.25, 0.3) is 0 Å². The van der Waals surface area contributed by atoms with E-state index in [4.69, 9.17) is 9.15 Å². The van der Waals surface area contributed by atoms with E-state index >= 15 is 0 Å². The zero-order valence-corrected chi connectivity index (χ0v) is 12.9. The Bertz CT molecular complexity index is 400. The molecule has 5 heteroatoms. The zero-order chi connectivity index (χ0) is 14.8. The van der Waals surface area contributed by atoms with Crippen molar-refractivity contribution in [1.29, 1.82) is 0 Å². The molecule has 0 unspecified atom stereocenters. The van der Waals surface area contributed by atoms with Crippen molar-refractivity contribution in [3.8, 4) is 0 Å². The number of hydrogen-bond acceptors (Lipinski definition) is 3. The Morgan fingerprint density at radius 2 is 2.24 bits per heavy atom. The molecule has 0 spiro atoms. The van der Waals surface area contributed by atoms with Gasteiger partial charge in [0.2, 0.25) is 0 Å². The molecule has 1 aliphatic rings. The third kappa shape index (κ3) is 7.18. The Balaban J connectivity index is 1.65. The third-order valence-electron chi connectivity index (χ3n) is 3.41. The molecule has 0 bridgehead atoms. The van der Waals surface area contributed by atoms with Gasteiger partial charge in [0, 0.05) is 39.3 Å². The van der Waals surface area contributed by atoms with Crippen LogP contribution in [0.3, 0.4) is 0 Å². The topological polar surface area (TPSA) is 58.8 Å². The van der Waals surface area contributed by atoms with Gasteiger partial charge in [0.15, 0.2) is 5.96 Å². The van der Waals surface area contributed by atoms with Gasteiger partial charge in [-0.15, -0.1) is 0 Å². The fourth-order valence-corrected chi connectivity index (χ4v) is 1.98. The maximum atomic E-state index is 5.34. The number of rotatable bonds is 10. The predicted molar refractivity (Wildman–Crippen MR) is 84.6 cm³/mol. The molecule has 1 aliphatic carbocycles. The predicted octanol–water partition coefficient (Wildman–Crippen LogP) is 2.19. The molecule has 118 valence electrons. The number of hydrogen-bond donors (Lipinski definition) is 2. The molecule has 1 fully saturated rings. The van der Waals surface area contributed by atoms with Crippen LogP contribution in [0.15, 0.2) is 27.8 Å². The molecule has 1 aromatic rings. The summed E-state index contributed by atoms with van der Waals surface area (Å²) in [5.41, 5.74) is 0. The molecule has 2 rings (SSSR count). The Morgan fingerprint density at radius 3 is 2.95 bits per heavy atom. The van der Waals surface area contributed by atoms with Crippen molar-refractivity contribution in [2.75, 3.05) is 32.8 Å². The normalized spacial score (nSPS) is 15.2. The molecule has 1 heterocycles. The Labute approximate surface area is 127 Å². The smallest absolute Gasteiger partial charge is 0.191 e. The van der Waals surface area contributed by atoms with Crippen LogP contribution in [-0.2, 0) is 11.2 Å². The number of nitrogens with zero attached hydrogens (tertiary/aromatic N) is 1. The summed E-state index contributed by atoms with van der Waals surface area (Å²) >= 11 is 0. The van der Waals surface area contributed by atoms with E-state index in [9.17, 15) is 0 Å².